The Morgan fingerprint density at radius 3 is 2.46 bits per heavy atom. The first kappa shape index (κ1) is 18.5. The minimum Gasteiger partial charge on any atom is -0.307 e. The Labute approximate surface area is 151 Å². The van der Waals surface area contributed by atoms with Crippen LogP contribution in [0.15, 0.2) is 27.8 Å². The molecule has 0 atom stereocenters. The normalized spacial score (nSPS) is 21.1. The third-order valence-electron chi connectivity index (χ3n) is 5.48. The Bertz CT molecular complexity index is 944. The van der Waals surface area contributed by atoms with Crippen LogP contribution in [0.2, 0.25) is 0 Å². The van der Waals surface area contributed by atoms with Gasteiger partial charge in [-0.25, -0.2) is 9.18 Å². The van der Waals surface area contributed by atoms with Crippen molar-refractivity contribution in [3.8, 4) is 0 Å². The van der Waals surface area contributed by atoms with Gasteiger partial charge in [0.05, 0.1) is 10.9 Å². The summed E-state index contributed by atoms with van der Waals surface area (Å²) in [6, 6.07) is 4.88. The fraction of sp³-hybridized carbons (Fsp3) is 0.550. The quantitative estimate of drug-likeness (QED) is 0.909. The highest BCUT2D eigenvalue weighted by atomic mass is 19.1. The van der Waals surface area contributed by atoms with E-state index in [4.69, 9.17) is 0 Å². The molecule has 1 heterocycles. The van der Waals surface area contributed by atoms with Gasteiger partial charge in [0.15, 0.2) is 0 Å². The number of nitrogens with zero attached hydrogens (tertiary/aromatic N) is 1. The number of ketones is 1. The molecule has 0 saturated heterocycles. The van der Waals surface area contributed by atoms with Gasteiger partial charge in [0.25, 0.3) is 5.56 Å². The van der Waals surface area contributed by atoms with Crippen molar-refractivity contribution in [2.75, 3.05) is 0 Å². The zero-order chi connectivity index (χ0) is 19.1. The van der Waals surface area contributed by atoms with Gasteiger partial charge < -0.3 is 4.98 Å². The molecule has 0 amide bonds. The van der Waals surface area contributed by atoms with E-state index in [-0.39, 0.29) is 29.7 Å². The lowest BCUT2D eigenvalue weighted by molar-refractivity contribution is -0.116. The number of benzene rings is 1. The van der Waals surface area contributed by atoms with Gasteiger partial charge in [0, 0.05) is 12.5 Å². The minimum absolute atomic E-state index is 0.0151. The number of Topliss-reactive ketones (excluding diaryl/α,β-unsaturated/α-hetero) is 1. The Kier molecular flexibility index (Phi) is 4.86. The Morgan fingerprint density at radius 1 is 1.23 bits per heavy atom. The van der Waals surface area contributed by atoms with E-state index in [0.717, 1.165) is 5.56 Å². The van der Waals surface area contributed by atoms with Crippen LogP contribution in [0.1, 0.15) is 58.1 Å². The molecule has 0 aliphatic heterocycles. The van der Waals surface area contributed by atoms with Gasteiger partial charge in [0.2, 0.25) is 0 Å². The van der Waals surface area contributed by atoms with E-state index >= 15 is 0 Å². The van der Waals surface area contributed by atoms with Crippen molar-refractivity contribution < 1.29 is 9.18 Å². The molecule has 140 valence electrons. The first-order chi connectivity index (χ1) is 12.2. The van der Waals surface area contributed by atoms with E-state index in [1.807, 2.05) is 0 Å². The number of carbonyl (C=O) groups excluding carboxylic acids is 1. The van der Waals surface area contributed by atoms with Gasteiger partial charge in [-0.2, -0.15) is 0 Å². The highest BCUT2D eigenvalue weighted by Gasteiger charge is 2.34. The molecule has 1 fully saturated rings. The molecule has 1 aliphatic carbocycles. The van der Waals surface area contributed by atoms with E-state index in [0.29, 0.717) is 36.6 Å². The number of hydrogen-bond acceptors (Lipinski definition) is 3. The van der Waals surface area contributed by atoms with Crippen molar-refractivity contribution in [3.63, 3.8) is 0 Å². The van der Waals surface area contributed by atoms with Crippen LogP contribution >= 0.6 is 0 Å². The molecule has 1 aromatic heterocycles. The summed E-state index contributed by atoms with van der Waals surface area (Å²) in [7, 11) is 0. The van der Waals surface area contributed by atoms with Crippen LogP contribution in [0.3, 0.4) is 0 Å². The molecule has 26 heavy (non-hydrogen) atoms. The zero-order valence-electron chi connectivity index (χ0n) is 15.5. The number of aromatic nitrogens is 2. The third kappa shape index (κ3) is 3.64. The first-order valence-corrected chi connectivity index (χ1v) is 9.12. The standard InChI is InChI=1S/C20H25FN2O3/c1-12(24)10-13-4-9-17-16(11-13)18(25)23(19(26)22-17)15-7-5-14(6-8-15)20(2,3)21/h4,9,11,14-15H,5-8,10H2,1-3H3,(H,22,26). The zero-order valence-corrected chi connectivity index (χ0v) is 15.5. The molecule has 2 aromatic rings. The topological polar surface area (TPSA) is 71.9 Å². The number of fused-ring (bicyclic) bond motifs is 1. The lowest BCUT2D eigenvalue weighted by Gasteiger charge is -2.34. The van der Waals surface area contributed by atoms with E-state index in [9.17, 15) is 18.8 Å². The lowest BCUT2D eigenvalue weighted by atomic mass is 9.78. The van der Waals surface area contributed by atoms with Crippen molar-refractivity contribution in [3.05, 3.63) is 44.6 Å². The second kappa shape index (κ2) is 6.82. The number of aromatic amines is 1. The highest BCUT2D eigenvalue weighted by Crippen LogP contribution is 2.38. The molecule has 6 heteroatoms. The molecule has 5 nitrogen and oxygen atoms in total. The molecular weight excluding hydrogens is 335 g/mol. The van der Waals surface area contributed by atoms with Crippen LogP contribution in [0.5, 0.6) is 0 Å². The van der Waals surface area contributed by atoms with Gasteiger partial charge in [-0.15, -0.1) is 0 Å². The number of halogens is 1. The number of H-pyrrole nitrogens is 1. The summed E-state index contributed by atoms with van der Waals surface area (Å²) in [5.41, 5.74) is -0.777. The summed E-state index contributed by atoms with van der Waals surface area (Å²) in [6.07, 6.45) is 2.79. The summed E-state index contributed by atoms with van der Waals surface area (Å²) in [5, 5.41) is 0.413. The van der Waals surface area contributed by atoms with Crippen LogP contribution in [0.25, 0.3) is 10.9 Å². The van der Waals surface area contributed by atoms with Crippen LogP contribution in [-0.2, 0) is 11.2 Å². The first-order valence-electron chi connectivity index (χ1n) is 9.12. The summed E-state index contributed by atoms with van der Waals surface area (Å²) >= 11 is 0. The van der Waals surface area contributed by atoms with Crippen LogP contribution in [0.4, 0.5) is 4.39 Å². The maximum atomic E-state index is 14.2. The molecule has 0 unspecified atom stereocenters. The van der Waals surface area contributed by atoms with E-state index in [1.54, 1.807) is 32.0 Å². The van der Waals surface area contributed by atoms with Gasteiger partial charge in [-0.05, 0) is 70.1 Å². The molecule has 0 spiro atoms. The predicted molar refractivity (Wildman–Crippen MR) is 99.4 cm³/mol. The molecule has 1 saturated carbocycles. The fourth-order valence-electron chi connectivity index (χ4n) is 4.02. The molecule has 0 radical (unpaired) electrons. The maximum Gasteiger partial charge on any atom is 0.329 e. The number of hydrogen-bond donors (Lipinski definition) is 1. The fourth-order valence-corrected chi connectivity index (χ4v) is 4.02. The molecule has 3 rings (SSSR count). The molecule has 1 aromatic carbocycles. The van der Waals surface area contributed by atoms with Crippen LogP contribution in [-0.4, -0.2) is 21.0 Å². The SMILES string of the molecule is CC(=O)Cc1ccc2[nH]c(=O)n(C3CCC(C(C)(C)F)CC3)c(=O)c2c1. The number of rotatable bonds is 4. The van der Waals surface area contributed by atoms with E-state index < -0.39 is 11.4 Å². The number of nitrogens with one attached hydrogen (secondary N) is 1. The smallest absolute Gasteiger partial charge is 0.307 e. The second-order valence-corrected chi connectivity index (χ2v) is 7.93. The average Bonchev–Trinajstić information content (AvgIpc) is 2.55. The largest absolute Gasteiger partial charge is 0.329 e. The number of carbonyl (C=O) groups is 1. The molecular formula is C20H25FN2O3. The molecule has 0 bridgehead atoms. The summed E-state index contributed by atoms with van der Waals surface area (Å²) < 4.78 is 15.4. The van der Waals surface area contributed by atoms with Crippen LogP contribution < -0.4 is 11.2 Å². The van der Waals surface area contributed by atoms with Crippen molar-refractivity contribution in [1.82, 2.24) is 9.55 Å². The van der Waals surface area contributed by atoms with Gasteiger partial charge in [-0.3, -0.25) is 14.2 Å². The summed E-state index contributed by atoms with van der Waals surface area (Å²) in [5.74, 6) is -0.0302. The Morgan fingerprint density at radius 2 is 1.88 bits per heavy atom. The van der Waals surface area contributed by atoms with Crippen molar-refractivity contribution in [1.29, 1.82) is 0 Å². The number of alkyl halides is 1. The van der Waals surface area contributed by atoms with Crippen molar-refractivity contribution in [2.24, 2.45) is 5.92 Å². The van der Waals surface area contributed by atoms with E-state index in [2.05, 4.69) is 4.98 Å². The monoisotopic (exact) mass is 360 g/mol. The van der Waals surface area contributed by atoms with Gasteiger partial charge in [-0.1, -0.05) is 6.07 Å². The summed E-state index contributed by atoms with van der Waals surface area (Å²) in [6.45, 7) is 4.67. The average molecular weight is 360 g/mol. The van der Waals surface area contributed by atoms with Gasteiger partial charge in [0.1, 0.15) is 11.5 Å². The predicted octanol–water partition coefficient (Wildman–Crippen LogP) is 3.30. The van der Waals surface area contributed by atoms with Gasteiger partial charge >= 0.3 is 5.69 Å². The summed E-state index contributed by atoms with van der Waals surface area (Å²) in [4.78, 5) is 39.5. The minimum atomic E-state index is -1.24. The Hall–Kier alpha value is -2.24. The third-order valence-corrected chi connectivity index (χ3v) is 5.48. The Balaban J connectivity index is 1.97. The van der Waals surface area contributed by atoms with Crippen molar-refractivity contribution in [2.45, 2.75) is 64.6 Å². The van der Waals surface area contributed by atoms with Crippen LogP contribution in [0, 0.1) is 5.92 Å². The molecule has 1 aliphatic rings. The molecule has 1 N–H and O–H groups in total. The highest BCUT2D eigenvalue weighted by molar-refractivity contribution is 5.82. The lowest BCUT2D eigenvalue weighted by Crippen LogP contribution is -2.40. The van der Waals surface area contributed by atoms with E-state index in [1.165, 1.54) is 11.5 Å². The van der Waals surface area contributed by atoms with Crippen molar-refractivity contribution >= 4 is 16.7 Å². The maximum absolute atomic E-state index is 14.2. The second-order valence-electron chi connectivity index (χ2n) is 7.93.